The molecular formula is C18H19N3O3. The second kappa shape index (κ2) is 8.47. The van der Waals surface area contributed by atoms with E-state index >= 15 is 0 Å². The van der Waals surface area contributed by atoms with Gasteiger partial charge in [0.15, 0.2) is 0 Å². The highest BCUT2D eigenvalue weighted by molar-refractivity contribution is 6.00. The Morgan fingerprint density at radius 3 is 2.42 bits per heavy atom. The zero-order chi connectivity index (χ0) is 17.4. The monoisotopic (exact) mass is 325 g/mol. The van der Waals surface area contributed by atoms with E-state index < -0.39 is 5.91 Å². The third-order valence-corrected chi connectivity index (χ3v) is 3.30. The largest absolute Gasteiger partial charge is 0.496 e. The first kappa shape index (κ1) is 17.2. The average Bonchev–Trinajstić information content (AvgIpc) is 2.64. The Bertz CT molecular complexity index is 742. The van der Waals surface area contributed by atoms with Crippen LogP contribution in [0.5, 0.6) is 5.75 Å². The van der Waals surface area contributed by atoms with Crippen molar-refractivity contribution in [2.75, 3.05) is 13.7 Å². The molecule has 124 valence electrons. The van der Waals surface area contributed by atoms with Crippen molar-refractivity contribution in [2.24, 2.45) is 5.10 Å². The van der Waals surface area contributed by atoms with E-state index in [9.17, 15) is 9.59 Å². The highest BCUT2D eigenvalue weighted by Gasteiger charge is 2.12. The van der Waals surface area contributed by atoms with E-state index in [1.165, 1.54) is 7.11 Å². The van der Waals surface area contributed by atoms with Crippen LogP contribution in [0.25, 0.3) is 0 Å². The number of hydrazone groups is 1. The molecule has 2 N–H and O–H groups in total. The number of para-hydroxylation sites is 1. The van der Waals surface area contributed by atoms with Gasteiger partial charge in [-0.05, 0) is 24.6 Å². The lowest BCUT2D eigenvalue weighted by molar-refractivity contribution is -0.120. The number of carbonyl (C=O) groups excluding carboxylic acids is 2. The normalized spacial score (nSPS) is 10.8. The minimum atomic E-state index is -0.409. The van der Waals surface area contributed by atoms with E-state index in [0.717, 1.165) is 5.56 Å². The number of methoxy groups -OCH3 is 1. The van der Waals surface area contributed by atoms with Gasteiger partial charge in [0, 0.05) is 0 Å². The van der Waals surface area contributed by atoms with Crippen molar-refractivity contribution < 1.29 is 14.3 Å². The fourth-order valence-corrected chi connectivity index (χ4v) is 2.02. The SMILES string of the molecule is COc1ccccc1C(=O)NCC(=O)N/N=C(/C)c1ccccc1. The molecule has 6 nitrogen and oxygen atoms in total. The van der Waals surface area contributed by atoms with E-state index in [4.69, 9.17) is 4.74 Å². The second-order valence-electron chi connectivity index (χ2n) is 4.98. The molecule has 0 aliphatic carbocycles. The minimum Gasteiger partial charge on any atom is -0.496 e. The summed E-state index contributed by atoms with van der Waals surface area (Å²) in [7, 11) is 1.49. The molecule has 2 aromatic rings. The molecule has 24 heavy (non-hydrogen) atoms. The molecule has 0 saturated heterocycles. The van der Waals surface area contributed by atoms with Gasteiger partial charge in [0.2, 0.25) is 0 Å². The molecular weight excluding hydrogens is 306 g/mol. The molecule has 0 spiro atoms. The fourth-order valence-electron chi connectivity index (χ4n) is 2.02. The van der Waals surface area contributed by atoms with Gasteiger partial charge in [-0.2, -0.15) is 5.10 Å². The molecule has 0 heterocycles. The van der Waals surface area contributed by atoms with Crippen LogP contribution in [0.3, 0.4) is 0 Å². The lowest BCUT2D eigenvalue weighted by atomic mass is 10.1. The van der Waals surface area contributed by atoms with Crippen LogP contribution in [0.15, 0.2) is 59.7 Å². The Morgan fingerprint density at radius 2 is 1.71 bits per heavy atom. The van der Waals surface area contributed by atoms with Crippen molar-refractivity contribution >= 4 is 17.5 Å². The molecule has 0 fully saturated rings. The molecule has 0 bridgehead atoms. The summed E-state index contributed by atoms with van der Waals surface area (Å²) in [6.07, 6.45) is 0. The third kappa shape index (κ3) is 4.67. The zero-order valence-electron chi connectivity index (χ0n) is 13.6. The maximum absolute atomic E-state index is 12.1. The predicted octanol–water partition coefficient (Wildman–Crippen LogP) is 1.97. The number of rotatable bonds is 6. The van der Waals surface area contributed by atoms with Gasteiger partial charge in [0.05, 0.1) is 24.9 Å². The van der Waals surface area contributed by atoms with Crippen molar-refractivity contribution in [3.63, 3.8) is 0 Å². The highest BCUT2D eigenvalue weighted by Crippen LogP contribution is 2.16. The molecule has 0 aliphatic heterocycles. The average molecular weight is 325 g/mol. The summed E-state index contributed by atoms with van der Waals surface area (Å²) in [4.78, 5) is 23.9. The van der Waals surface area contributed by atoms with Crippen LogP contribution in [0, 0.1) is 0 Å². The van der Waals surface area contributed by atoms with Crippen molar-refractivity contribution in [1.29, 1.82) is 0 Å². The molecule has 0 radical (unpaired) electrons. The predicted molar refractivity (Wildman–Crippen MR) is 92.1 cm³/mol. The standard InChI is InChI=1S/C18H19N3O3/c1-13(14-8-4-3-5-9-14)20-21-17(22)12-19-18(23)15-10-6-7-11-16(15)24-2/h3-11H,12H2,1-2H3,(H,19,23)(H,21,22)/b20-13-. The lowest BCUT2D eigenvalue weighted by Crippen LogP contribution is -2.35. The van der Waals surface area contributed by atoms with Crippen LogP contribution in [-0.2, 0) is 4.79 Å². The van der Waals surface area contributed by atoms with Crippen LogP contribution in [0.2, 0.25) is 0 Å². The Hall–Kier alpha value is -3.15. The first-order valence-electron chi connectivity index (χ1n) is 7.41. The van der Waals surface area contributed by atoms with Gasteiger partial charge < -0.3 is 10.1 Å². The summed E-state index contributed by atoms with van der Waals surface area (Å²) in [5.41, 5.74) is 4.38. The first-order chi connectivity index (χ1) is 11.6. The first-order valence-corrected chi connectivity index (χ1v) is 7.41. The molecule has 2 amide bonds. The number of nitrogens with zero attached hydrogens (tertiary/aromatic N) is 1. The Kier molecular flexibility index (Phi) is 6.08. The van der Waals surface area contributed by atoms with E-state index in [0.29, 0.717) is 17.0 Å². The third-order valence-electron chi connectivity index (χ3n) is 3.30. The number of ether oxygens (including phenoxy) is 1. The highest BCUT2D eigenvalue weighted by atomic mass is 16.5. The fraction of sp³-hybridized carbons (Fsp3) is 0.167. The minimum absolute atomic E-state index is 0.178. The van der Waals surface area contributed by atoms with Crippen molar-refractivity contribution in [3.05, 3.63) is 65.7 Å². The molecule has 2 aromatic carbocycles. The van der Waals surface area contributed by atoms with Crippen LogP contribution in [0.4, 0.5) is 0 Å². The van der Waals surface area contributed by atoms with Gasteiger partial charge in [-0.15, -0.1) is 0 Å². The second-order valence-corrected chi connectivity index (χ2v) is 4.98. The van der Waals surface area contributed by atoms with Gasteiger partial charge in [-0.3, -0.25) is 9.59 Å². The zero-order valence-corrected chi connectivity index (χ0v) is 13.6. The smallest absolute Gasteiger partial charge is 0.259 e. The summed E-state index contributed by atoms with van der Waals surface area (Å²) < 4.78 is 5.12. The molecule has 0 aromatic heterocycles. The van der Waals surface area contributed by atoms with Gasteiger partial charge in [0.1, 0.15) is 5.75 Å². The maximum atomic E-state index is 12.1. The van der Waals surface area contributed by atoms with Gasteiger partial charge in [-0.1, -0.05) is 42.5 Å². The quantitative estimate of drug-likeness (QED) is 0.629. The van der Waals surface area contributed by atoms with Crippen LogP contribution in [-0.4, -0.2) is 31.2 Å². The summed E-state index contributed by atoms with van der Waals surface area (Å²) in [6, 6.07) is 16.3. The molecule has 2 rings (SSSR count). The summed E-state index contributed by atoms with van der Waals surface area (Å²) in [6.45, 7) is 1.62. The van der Waals surface area contributed by atoms with E-state index in [1.807, 2.05) is 30.3 Å². The van der Waals surface area contributed by atoms with Crippen LogP contribution in [0.1, 0.15) is 22.8 Å². The summed E-state index contributed by atoms with van der Waals surface area (Å²) in [5, 5.41) is 6.56. The lowest BCUT2D eigenvalue weighted by Gasteiger charge is -2.08. The van der Waals surface area contributed by atoms with Crippen molar-refractivity contribution in [2.45, 2.75) is 6.92 Å². The van der Waals surface area contributed by atoms with Crippen LogP contribution < -0.4 is 15.5 Å². The van der Waals surface area contributed by atoms with Crippen molar-refractivity contribution in [3.8, 4) is 5.75 Å². The van der Waals surface area contributed by atoms with E-state index in [2.05, 4.69) is 15.8 Å². The van der Waals surface area contributed by atoms with E-state index in [1.54, 1.807) is 31.2 Å². The molecule has 6 heteroatoms. The molecule has 0 atom stereocenters. The van der Waals surface area contributed by atoms with E-state index in [-0.39, 0.29) is 12.5 Å². The summed E-state index contributed by atoms with van der Waals surface area (Å²) >= 11 is 0. The number of benzene rings is 2. The Labute approximate surface area is 140 Å². The number of nitrogens with one attached hydrogen (secondary N) is 2. The van der Waals surface area contributed by atoms with Crippen molar-refractivity contribution in [1.82, 2.24) is 10.7 Å². The summed E-state index contributed by atoms with van der Waals surface area (Å²) in [5.74, 6) is -0.340. The number of hydrogen-bond acceptors (Lipinski definition) is 4. The Balaban J connectivity index is 1.88. The number of carbonyl (C=O) groups is 2. The van der Waals surface area contributed by atoms with Gasteiger partial charge >= 0.3 is 0 Å². The van der Waals surface area contributed by atoms with Gasteiger partial charge in [-0.25, -0.2) is 5.43 Å². The molecule has 0 aliphatic rings. The van der Waals surface area contributed by atoms with Gasteiger partial charge in [0.25, 0.3) is 11.8 Å². The van der Waals surface area contributed by atoms with Crippen LogP contribution >= 0.6 is 0 Å². The topological polar surface area (TPSA) is 79.8 Å². The number of hydrogen-bond donors (Lipinski definition) is 2. The maximum Gasteiger partial charge on any atom is 0.259 e. The molecule has 0 unspecified atom stereocenters. The molecule has 0 saturated carbocycles. The number of amides is 2. The Morgan fingerprint density at radius 1 is 1.04 bits per heavy atom.